The minimum absolute atomic E-state index is 0.721. The van der Waals surface area contributed by atoms with E-state index in [4.69, 9.17) is 5.73 Å². The quantitative estimate of drug-likeness (QED) is 0.751. The highest BCUT2D eigenvalue weighted by Gasteiger charge is 2.02. The highest BCUT2D eigenvalue weighted by molar-refractivity contribution is 5.34. The van der Waals surface area contributed by atoms with Gasteiger partial charge in [0.25, 0.3) is 0 Å². The van der Waals surface area contributed by atoms with Gasteiger partial charge in [-0.15, -0.1) is 0 Å². The van der Waals surface area contributed by atoms with Crippen molar-refractivity contribution in [1.29, 1.82) is 0 Å². The Bertz CT molecular complexity index is 265. The lowest BCUT2D eigenvalue weighted by atomic mass is 10.0. The van der Waals surface area contributed by atoms with Crippen LogP contribution in [0.25, 0.3) is 0 Å². The number of aromatic nitrogens is 1. The Morgan fingerprint density at radius 3 is 2.60 bits per heavy atom. The highest BCUT2D eigenvalue weighted by Crippen LogP contribution is 2.06. The number of hydrogen-bond acceptors (Lipinski definition) is 3. The first-order chi connectivity index (χ1) is 7.26. The highest BCUT2D eigenvalue weighted by atomic mass is 14.9. The molecule has 0 unspecified atom stereocenters. The zero-order chi connectivity index (χ0) is 11.1. The molecule has 0 aliphatic rings. The molecule has 3 heteroatoms. The predicted octanol–water partition coefficient (Wildman–Crippen LogP) is 2.19. The van der Waals surface area contributed by atoms with E-state index in [9.17, 15) is 0 Å². The van der Waals surface area contributed by atoms with Gasteiger partial charge in [-0.1, -0.05) is 26.7 Å². The summed E-state index contributed by atoms with van der Waals surface area (Å²) in [6.07, 6.45) is 4.17. The molecular weight excluding hydrogens is 186 g/mol. The molecule has 0 aliphatic carbocycles. The van der Waals surface area contributed by atoms with Gasteiger partial charge in [-0.25, -0.2) is 0 Å². The smallest absolute Gasteiger partial charge is 0.0543 e. The van der Waals surface area contributed by atoms with Gasteiger partial charge in [-0.3, -0.25) is 4.98 Å². The predicted molar refractivity (Wildman–Crippen MR) is 64.4 cm³/mol. The fourth-order valence-electron chi connectivity index (χ4n) is 1.52. The van der Waals surface area contributed by atoms with Crippen LogP contribution in [0.15, 0.2) is 18.3 Å². The molecule has 1 rings (SSSR count). The topological polar surface area (TPSA) is 50.9 Å². The maximum absolute atomic E-state index is 5.56. The van der Waals surface area contributed by atoms with Gasteiger partial charge in [0.1, 0.15) is 0 Å². The second kappa shape index (κ2) is 6.40. The number of pyridine rings is 1. The summed E-state index contributed by atoms with van der Waals surface area (Å²) in [7, 11) is 0. The molecule has 0 spiro atoms. The van der Waals surface area contributed by atoms with Gasteiger partial charge in [0.15, 0.2) is 0 Å². The number of anilines is 1. The fraction of sp³-hybridized carbons (Fsp3) is 0.583. The number of hydrogen-bond donors (Lipinski definition) is 2. The van der Waals surface area contributed by atoms with Crippen molar-refractivity contribution >= 4 is 5.69 Å². The Morgan fingerprint density at radius 2 is 2.07 bits per heavy atom. The second-order valence-electron chi connectivity index (χ2n) is 3.90. The third-order valence-corrected chi connectivity index (χ3v) is 2.74. The van der Waals surface area contributed by atoms with Crippen LogP contribution in [-0.4, -0.2) is 11.5 Å². The molecule has 1 aromatic rings. The number of nitrogens with one attached hydrogen (secondary N) is 1. The van der Waals surface area contributed by atoms with Crippen molar-refractivity contribution in [2.45, 2.75) is 33.2 Å². The summed E-state index contributed by atoms with van der Waals surface area (Å²) in [6.45, 7) is 6.37. The van der Waals surface area contributed by atoms with Crippen molar-refractivity contribution in [1.82, 2.24) is 10.3 Å². The van der Waals surface area contributed by atoms with Gasteiger partial charge in [0.05, 0.1) is 17.6 Å². The largest absolute Gasteiger partial charge is 0.397 e. The maximum Gasteiger partial charge on any atom is 0.0543 e. The third kappa shape index (κ3) is 4.30. The van der Waals surface area contributed by atoms with Gasteiger partial charge in [0, 0.05) is 6.54 Å². The number of rotatable bonds is 6. The Labute approximate surface area is 92.1 Å². The summed E-state index contributed by atoms with van der Waals surface area (Å²) >= 11 is 0. The number of nitrogens with two attached hydrogens (primary N) is 1. The van der Waals surface area contributed by atoms with Crippen molar-refractivity contribution < 1.29 is 0 Å². The van der Waals surface area contributed by atoms with Gasteiger partial charge in [0.2, 0.25) is 0 Å². The molecular formula is C12H21N3. The van der Waals surface area contributed by atoms with Crippen LogP contribution in [0.5, 0.6) is 0 Å². The summed E-state index contributed by atoms with van der Waals surface area (Å²) < 4.78 is 0. The zero-order valence-corrected chi connectivity index (χ0v) is 9.66. The first kappa shape index (κ1) is 12.0. The number of nitrogens with zero attached hydrogens (tertiary/aromatic N) is 1. The summed E-state index contributed by atoms with van der Waals surface area (Å²) in [5, 5.41) is 3.42. The summed E-state index contributed by atoms with van der Waals surface area (Å²) in [4.78, 5) is 4.24. The van der Waals surface area contributed by atoms with E-state index < -0.39 is 0 Å². The first-order valence-corrected chi connectivity index (χ1v) is 5.67. The Balaban J connectivity index is 2.28. The SMILES string of the molecule is CCC(CC)CNCc1ccc(N)cn1. The molecule has 84 valence electrons. The van der Waals surface area contributed by atoms with E-state index in [1.54, 1.807) is 6.20 Å². The van der Waals surface area contributed by atoms with E-state index in [0.29, 0.717) is 0 Å². The minimum Gasteiger partial charge on any atom is -0.397 e. The Hall–Kier alpha value is -1.09. The van der Waals surface area contributed by atoms with Crippen LogP contribution in [0, 0.1) is 5.92 Å². The van der Waals surface area contributed by atoms with Crippen molar-refractivity contribution in [3.05, 3.63) is 24.0 Å². The number of nitrogen functional groups attached to an aromatic ring is 1. The second-order valence-corrected chi connectivity index (χ2v) is 3.90. The van der Waals surface area contributed by atoms with E-state index in [2.05, 4.69) is 24.1 Å². The van der Waals surface area contributed by atoms with Crippen molar-refractivity contribution in [2.24, 2.45) is 5.92 Å². The minimum atomic E-state index is 0.721. The molecule has 0 radical (unpaired) electrons. The lowest BCUT2D eigenvalue weighted by Crippen LogP contribution is -2.22. The van der Waals surface area contributed by atoms with Crippen LogP contribution in [0.2, 0.25) is 0 Å². The van der Waals surface area contributed by atoms with Gasteiger partial charge < -0.3 is 11.1 Å². The molecule has 0 bridgehead atoms. The van der Waals surface area contributed by atoms with E-state index in [-0.39, 0.29) is 0 Å². The lowest BCUT2D eigenvalue weighted by molar-refractivity contribution is 0.448. The normalized spacial score (nSPS) is 10.9. The molecule has 1 heterocycles. The molecule has 15 heavy (non-hydrogen) atoms. The average molecular weight is 207 g/mol. The summed E-state index contributed by atoms with van der Waals surface area (Å²) in [5.41, 5.74) is 7.34. The molecule has 0 amide bonds. The van der Waals surface area contributed by atoms with Gasteiger partial charge >= 0.3 is 0 Å². The van der Waals surface area contributed by atoms with Gasteiger partial charge in [-0.05, 0) is 24.6 Å². The van der Waals surface area contributed by atoms with Crippen LogP contribution in [-0.2, 0) is 6.54 Å². The van der Waals surface area contributed by atoms with Crippen molar-refractivity contribution in [3.63, 3.8) is 0 Å². The molecule has 0 saturated carbocycles. The molecule has 0 saturated heterocycles. The van der Waals surface area contributed by atoms with E-state index in [1.165, 1.54) is 12.8 Å². The van der Waals surface area contributed by atoms with Crippen molar-refractivity contribution in [3.8, 4) is 0 Å². The zero-order valence-electron chi connectivity index (χ0n) is 9.66. The Kier molecular flexibility index (Phi) is 5.12. The first-order valence-electron chi connectivity index (χ1n) is 5.67. The van der Waals surface area contributed by atoms with Crippen LogP contribution in [0.1, 0.15) is 32.4 Å². The van der Waals surface area contributed by atoms with Crippen LogP contribution >= 0.6 is 0 Å². The lowest BCUT2D eigenvalue weighted by Gasteiger charge is -2.12. The molecule has 1 aromatic heterocycles. The van der Waals surface area contributed by atoms with Crippen LogP contribution in [0.4, 0.5) is 5.69 Å². The Morgan fingerprint density at radius 1 is 1.33 bits per heavy atom. The average Bonchev–Trinajstić information content (AvgIpc) is 2.27. The van der Waals surface area contributed by atoms with Gasteiger partial charge in [-0.2, -0.15) is 0 Å². The van der Waals surface area contributed by atoms with Crippen LogP contribution in [0.3, 0.4) is 0 Å². The third-order valence-electron chi connectivity index (χ3n) is 2.74. The van der Waals surface area contributed by atoms with E-state index in [1.807, 2.05) is 12.1 Å². The monoisotopic (exact) mass is 207 g/mol. The molecule has 3 N–H and O–H groups in total. The summed E-state index contributed by atoms with van der Waals surface area (Å²) in [5.74, 6) is 0.777. The molecule has 0 aliphatic heterocycles. The maximum atomic E-state index is 5.56. The van der Waals surface area contributed by atoms with E-state index >= 15 is 0 Å². The fourth-order valence-corrected chi connectivity index (χ4v) is 1.52. The molecule has 0 aromatic carbocycles. The standard InChI is InChI=1S/C12H21N3/c1-3-10(4-2)7-14-9-12-6-5-11(13)8-15-12/h5-6,8,10,14H,3-4,7,9,13H2,1-2H3. The van der Waals surface area contributed by atoms with E-state index in [0.717, 1.165) is 30.4 Å². The van der Waals surface area contributed by atoms with Crippen LogP contribution < -0.4 is 11.1 Å². The molecule has 0 fully saturated rings. The van der Waals surface area contributed by atoms with Crippen molar-refractivity contribution in [2.75, 3.05) is 12.3 Å². The molecule has 0 atom stereocenters. The summed E-state index contributed by atoms with van der Waals surface area (Å²) in [6, 6.07) is 3.86. The molecule has 3 nitrogen and oxygen atoms in total.